The molecule has 2 aromatic carbocycles. The molecule has 0 atom stereocenters. The van der Waals surface area contributed by atoms with Gasteiger partial charge in [0.05, 0.1) is 23.4 Å². The number of ether oxygens (including phenoxy) is 1. The second-order valence-electron chi connectivity index (χ2n) is 5.23. The molecular weight excluding hydrogens is 349 g/mol. The Morgan fingerprint density at radius 2 is 1.58 bits per heavy atom. The summed E-state index contributed by atoms with van der Waals surface area (Å²) in [5.41, 5.74) is 0.280. The van der Waals surface area contributed by atoms with E-state index in [1.165, 1.54) is 18.2 Å². The second kappa shape index (κ2) is 8.37. The standard InChI is InChI=1S/C18H17F3N2O3/c1-2-26-15-10-6-4-8-13(15)17(25)23-14-9-5-3-7-12(14)16(24)22-11-18(19,20)21/h3-10H,2,11H2,1H3,(H,22,24)(H,23,25). The number of para-hydroxylation sites is 2. The van der Waals surface area contributed by atoms with Crippen LogP contribution in [0.25, 0.3) is 0 Å². The molecule has 0 aliphatic rings. The molecule has 0 aromatic heterocycles. The largest absolute Gasteiger partial charge is 0.493 e. The zero-order valence-corrected chi connectivity index (χ0v) is 13.9. The Hall–Kier alpha value is -3.03. The van der Waals surface area contributed by atoms with E-state index >= 15 is 0 Å². The van der Waals surface area contributed by atoms with E-state index in [-0.39, 0.29) is 16.8 Å². The Balaban J connectivity index is 2.20. The summed E-state index contributed by atoms with van der Waals surface area (Å²) in [5, 5.41) is 4.33. The highest BCUT2D eigenvalue weighted by Gasteiger charge is 2.28. The van der Waals surface area contributed by atoms with Crippen LogP contribution in [-0.2, 0) is 0 Å². The molecule has 0 unspecified atom stereocenters. The molecule has 2 N–H and O–H groups in total. The molecule has 0 bridgehead atoms. The van der Waals surface area contributed by atoms with Crippen molar-refractivity contribution in [2.45, 2.75) is 13.1 Å². The van der Waals surface area contributed by atoms with Crippen molar-refractivity contribution in [3.63, 3.8) is 0 Å². The lowest BCUT2D eigenvalue weighted by molar-refractivity contribution is -0.123. The fourth-order valence-corrected chi connectivity index (χ4v) is 2.19. The Kier molecular flexibility index (Phi) is 6.21. The highest BCUT2D eigenvalue weighted by Crippen LogP contribution is 2.22. The summed E-state index contributed by atoms with van der Waals surface area (Å²) in [6.45, 7) is 0.678. The number of rotatable bonds is 6. The minimum absolute atomic E-state index is 0.0704. The molecular formula is C18H17F3N2O3. The van der Waals surface area contributed by atoms with E-state index in [1.807, 2.05) is 0 Å². The highest BCUT2D eigenvalue weighted by atomic mass is 19.4. The SMILES string of the molecule is CCOc1ccccc1C(=O)Nc1ccccc1C(=O)NCC(F)(F)F. The summed E-state index contributed by atoms with van der Waals surface area (Å²) < 4.78 is 42.2. The first-order valence-corrected chi connectivity index (χ1v) is 7.79. The first kappa shape index (κ1) is 19.3. The van der Waals surface area contributed by atoms with Gasteiger partial charge in [0.25, 0.3) is 11.8 Å². The van der Waals surface area contributed by atoms with Crippen LogP contribution in [0.4, 0.5) is 18.9 Å². The summed E-state index contributed by atoms with van der Waals surface area (Å²) in [5.74, 6) is -1.10. The lowest BCUT2D eigenvalue weighted by Crippen LogP contribution is -2.34. The van der Waals surface area contributed by atoms with Gasteiger partial charge in [-0.25, -0.2) is 0 Å². The van der Waals surface area contributed by atoms with Crippen molar-refractivity contribution in [2.24, 2.45) is 0 Å². The van der Waals surface area contributed by atoms with Crippen molar-refractivity contribution in [1.82, 2.24) is 5.32 Å². The molecule has 0 spiro atoms. The number of halogens is 3. The zero-order chi connectivity index (χ0) is 19.2. The maximum Gasteiger partial charge on any atom is 0.405 e. The van der Waals surface area contributed by atoms with Crippen LogP contribution in [0.1, 0.15) is 27.6 Å². The third-order valence-corrected chi connectivity index (χ3v) is 3.30. The van der Waals surface area contributed by atoms with Gasteiger partial charge in [-0.05, 0) is 31.2 Å². The lowest BCUT2D eigenvalue weighted by atomic mass is 10.1. The maximum atomic E-state index is 12.5. The van der Waals surface area contributed by atoms with Crippen LogP contribution < -0.4 is 15.4 Å². The number of alkyl halides is 3. The molecule has 0 aliphatic carbocycles. The predicted molar refractivity (Wildman–Crippen MR) is 90.4 cm³/mol. The van der Waals surface area contributed by atoms with Crippen molar-refractivity contribution in [2.75, 3.05) is 18.5 Å². The molecule has 0 saturated carbocycles. The van der Waals surface area contributed by atoms with Gasteiger partial charge < -0.3 is 15.4 Å². The number of carbonyl (C=O) groups excluding carboxylic acids is 2. The third kappa shape index (κ3) is 5.23. The Morgan fingerprint density at radius 1 is 0.962 bits per heavy atom. The van der Waals surface area contributed by atoms with Gasteiger partial charge in [-0.15, -0.1) is 0 Å². The smallest absolute Gasteiger partial charge is 0.405 e. The van der Waals surface area contributed by atoms with E-state index in [0.29, 0.717) is 12.4 Å². The van der Waals surface area contributed by atoms with Crippen molar-refractivity contribution in [3.8, 4) is 5.75 Å². The Labute approximate surface area is 148 Å². The van der Waals surface area contributed by atoms with Crippen LogP contribution in [0.2, 0.25) is 0 Å². The summed E-state index contributed by atoms with van der Waals surface area (Å²) in [6.07, 6.45) is -4.52. The fraction of sp³-hybridized carbons (Fsp3) is 0.222. The first-order chi connectivity index (χ1) is 12.3. The number of amides is 2. The molecule has 0 radical (unpaired) electrons. The number of hydrogen-bond donors (Lipinski definition) is 2. The van der Waals surface area contributed by atoms with E-state index in [9.17, 15) is 22.8 Å². The molecule has 2 amide bonds. The maximum absolute atomic E-state index is 12.5. The summed E-state index contributed by atoms with van der Waals surface area (Å²) >= 11 is 0. The first-order valence-electron chi connectivity index (χ1n) is 7.79. The average molecular weight is 366 g/mol. The van der Waals surface area contributed by atoms with Gasteiger partial charge in [-0.1, -0.05) is 24.3 Å². The fourth-order valence-electron chi connectivity index (χ4n) is 2.19. The molecule has 0 heterocycles. The van der Waals surface area contributed by atoms with Crippen LogP contribution in [0.3, 0.4) is 0 Å². The number of anilines is 1. The van der Waals surface area contributed by atoms with E-state index in [2.05, 4.69) is 5.32 Å². The van der Waals surface area contributed by atoms with Crippen LogP contribution >= 0.6 is 0 Å². The predicted octanol–water partition coefficient (Wildman–Crippen LogP) is 3.63. The number of nitrogens with one attached hydrogen (secondary N) is 2. The molecule has 2 rings (SSSR count). The number of carbonyl (C=O) groups is 2. The van der Waals surface area contributed by atoms with Crippen LogP contribution in [0, 0.1) is 0 Å². The topological polar surface area (TPSA) is 67.4 Å². The van der Waals surface area contributed by atoms with Gasteiger partial charge in [-0.3, -0.25) is 9.59 Å². The van der Waals surface area contributed by atoms with Crippen molar-refractivity contribution < 1.29 is 27.5 Å². The van der Waals surface area contributed by atoms with Gasteiger partial charge in [0.15, 0.2) is 0 Å². The van der Waals surface area contributed by atoms with E-state index in [1.54, 1.807) is 42.6 Å². The van der Waals surface area contributed by atoms with E-state index in [0.717, 1.165) is 0 Å². The summed E-state index contributed by atoms with van der Waals surface area (Å²) in [6, 6.07) is 12.4. The summed E-state index contributed by atoms with van der Waals surface area (Å²) in [7, 11) is 0. The molecule has 26 heavy (non-hydrogen) atoms. The highest BCUT2D eigenvalue weighted by molar-refractivity contribution is 6.10. The van der Waals surface area contributed by atoms with Crippen LogP contribution in [0.5, 0.6) is 5.75 Å². The number of benzene rings is 2. The van der Waals surface area contributed by atoms with E-state index in [4.69, 9.17) is 4.74 Å². The normalized spacial score (nSPS) is 10.9. The van der Waals surface area contributed by atoms with Gasteiger partial charge in [0, 0.05) is 0 Å². The second-order valence-corrected chi connectivity index (χ2v) is 5.23. The van der Waals surface area contributed by atoms with Gasteiger partial charge in [0.1, 0.15) is 12.3 Å². The molecule has 8 heteroatoms. The molecule has 138 valence electrons. The molecule has 5 nitrogen and oxygen atoms in total. The van der Waals surface area contributed by atoms with Crippen molar-refractivity contribution in [3.05, 3.63) is 59.7 Å². The monoisotopic (exact) mass is 366 g/mol. The molecule has 2 aromatic rings. The van der Waals surface area contributed by atoms with E-state index < -0.39 is 24.5 Å². The van der Waals surface area contributed by atoms with Crippen LogP contribution in [-0.4, -0.2) is 31.1 Å². The molecule has 0 saturated heterocycles. The van der Waals surface area contributed by atoms with Gasteiger partial charge >= 0.3 is 6.18 Å². The van der Waals surface area contributed by atoms with Crippen molar-refractivity contribution in [1.29, 1.82) is 0 Å². The third-order valence-electron chi connectivity index (χ3n) is 3.30. The molecule has 0 aliphatic heterocycles. The Bertz CT molecular complexity index is 791. The van der Waals surface area contributed by atoms with Crippen LogP contribution in [0.15, 0.2) is 48.5 Å². The van der Waals surface area contributed by atoms with Crippen molar-refractivity contribution >= 4 is 17.5 Å². The number of hydrogen-bond acceptors (Lipinski definition) is 3. The average Bonchev–Trinajstić information content (AvgIpc) is 2.60. The summed E-state index contributed by atoms with van der Waals surface area (Å²) in [4.78, 5) is 24.5. The minimum atomic E-state index is -4.52. The quantitative estimate of drug-likeness (QED) is 0.820. The lowest BCUT2D eigenvalue weighted by Gasteiger charge is -2.14. The molecule has 0 fully saturated rings. The van der Waals surface area contributed by atoms with Gasteiger partial charge in [-0.2, -0.15) is 13.2 Å². The zero-order valence-electron chi connectivity index (χ0n) is 13.9. The minimum Gasteiger partial charge on any atom is -0.493 e. The van der Waals surface area contributed by atoms with Gasteiger partial charge in [0.2, 0.25) is 0 Å². The Morgan fingerprint density at radius 3 is 2.23 bits per heavy atom.